The molecule has 0 aliphatic heterocycles. The first kappa shape index (κ1) is 14.3. The summed E-state index contributed by atoms with van der Waals surface area (Å²) in [7, 11) is 0. The van der Waals surface area contributed by atoms with Crippen molar-refractivity contribution in [3.8, 4) is 0 Å². The number of fused-ring (bicyclic) bond motifs is 3. The van der Waals surface area contributed by atoms with Gasteiger partial charge in [0.05, 0.1) is 13.2 Å². The highest BCUT2D eigenvalue weighted by Crippen LogP contribution is 2.31. The molecule has 0 bridgehead atoms. The van der Waals surface area contributed by atoms with Crippen molar-refractivity contribution in [2.45, 2.75) is 6.10 Å². The summed E-state index contributed by atoms with van der Waals surface area (Å²) in [5.74, 6) is 0.436. The second-order valence-electron chi connectivity index (χ2n) is 5.01. The third-order valence-electron chi connectivity index (χ3n) is 3.66. The summed E-state index contributed by atoms with van der Waals surface area (Å²) in [6, 6.07) is 18.4. The summed E-state index contributed by atoms with van der Waals surface area (Å²) in [6.45, 7) is 0.708. The first-order chi connectivity index (χ1) is 10.3. The Morgan fingerprint density at radius 2 is 1.62 bits per heavy atom. The van der Waals surface area contributed by atoms with Gasteiger partial charge in [-0.2, -0.15) is 0 Å². The molecule has 0 aromatic heterocycles. The SMILES string of the molecule is OC(COCCCl)c1cc2ccccc2c2ccccc12. The average Bonchev–Trinajstić information content (AvgIpc) is 2.54. The van der Waals surface area contributed by atoms with E-state index in [-0.39, 0.29) is 6.61 Å². The highest BCUT2D eigenvalue weighted by atomic mass is 35.5. The predicted octanol–water partition coefficient (Wildman–Crippen LogP) is 4.28. The minimum absolute atomic E-state index is 0.259. The molecule has 1 N–H and O–H groups in total. The van der Waals surface area contributed by atoms with Crippen LogP contribution in [0.2, 0.25) is 0 Å². The van der Waals surface area contributed by atoms with Crippen LogP contribution in [0.25, 0.3) is 21.5 Å². The van der Waals surface area contributed by atoms with Gasteiger partial charge < -0.3 is 9.84 Å². The van der Waals surface area contributed by atoms with Crippen molar-refractivity contribution in [2.75, 3.05) is 19.1 Å². The molecule has 0 radical (unpaired) electrons. The first-order valence-electron chi connectivity index (χ1n) is 7.03. The fraction of sp³-hybridized carbons (Fsp3) is 0.222. The van der Waals surface area contributed by atoms with E-state index >= 15 is 0 Å². The lowest BCUT2D eigenvalue weighted by Crippen LogP contribution is -2.09. The molecule has 1 atom stereocenters. The van der Waals surface area contributed by atoms with Crippen molar-refractivity contribution in [1.82, 2.24) is 0 Å². The third-order valence-corrected chi connectivity index (χ3v) is 3.81. The molecule has 3 aromatic rings. The number of hydrogen-bond donors (Lipinski definition) is 1. The Balaban J connectivity index is 2.11. The van der Waals surface area contributed by atoms with Crippen LogP contribution in [0, 0.1) is 0 Å². The Labute approximate surface area is 128 Å². The summed E-state index contributed by atoms with van der Waals surface area (Å²) < 4.78 is 5.38. The van der Waals surface area contributed by atoms with Crippen LogP contribution >= 0.6 is 11.6 Å². The average molecular weight is 301 g/mol. The number of hydrogen-bond acceptors (Lipinski definition) is 2. The Hall–Kier alpha value is -1.61. The Kier molecular flexibility index (Phi) is 4.39. The molecule has 0 saturated heterocycles. The normalized spacial score (nSPS) is 12.9. The van der Waals surface area contributed by atoms with Gasteiger partial charge in [-0.3, -0.25) is 0 Å². The molecule has 0 heterocycles. The maximum Gasteiger partial charge on any atom is 0.103 e. The van der Waals surface area contributed by atoms with Crippen LogP contribution in [0.1, 0.15) is 11.7 Å². The van der Waals surface area contributed by atoms with E-state index in [0.717, 1.165) is 21.7 Å². The third kappa shape index (κ3) is 2.88. The Morgan fingerprint density at radius 1 is 0.952 bits per heavy atom. The lowest BCUT2D eigenvalue weighted by Gasteiger charge is -2.16. The minimum atomic E-state index is -0.650. The van der Waals surface area contributed by atoms with Crippen LogP contribution in [0.5, 0.6) is 0 Å². The lowest BCUT2D eigenvalue weighted by atomic mass is 9.95. The van der Waals surface area contributed by atoms with E-state index in [1.807, 2.05) is 36.4 Å². The number of aliphatic hydroxyl groups is 1. The van der Waals surface area contributed by atoms with Gasteiger partial charge in [0, 0.05) is 5.88 Å². The van der Waals surface area contributed by atoms with E-state index in [1.165, 1.54) is 5.39 Å². The van der Waals surface area contributed by atoms with Gasteiger partial charge in [0.25, 0.3) is 0 Å². The van der Waals surface area contributed by atoms with Crippen LogP contribution in [0.15, 0.2) is 54.6 Å². The zero-order valence-electron chi connectivity index (χ0n) is 11.6. The summed E-state index contributed by atoms with van der Waals surface area (Å²) in [6.07, 6.45) is -0.650. The van der Waals surface area contributed by atoms with Crippen LogP contribution in [-0.2, 0) is 4.74 Å². The Bertz CT molecular complexity index is 754. The molecule has 2 nitrogen and oxygen atoms in total. The number of rotatable bonds is 5. The first-order valence-corrected chi connectivity index (χ1v) is 7.57. The summed E-state index contributed by atoms with van der Waals surface area (Å²) in [5.41, 5.74) is 0.902. The van der Waals surface area contributed by atoms with Gasteiger partial charge in [0.2, 0.25) is 0 Å². The number of alkyl halides is 1. The smallest absolute Gasteiger partial charge is 0.103 e. The molecule has 3 heteroatoms. The topological polar surface area (TPSA) is 29.5 Å². The van der Waals surface area contributed by atoms with Crippen molar-refractivity contribution >= 4 is 33.1 Å². The van der Waals surface area contributed by atoms with Gasteiger partial charge in [-0.05, 0) is 33.2 Å². The van der Waals surface area contributed by atoms with Gasteiger partial charge in [-0.15, -0.1) is 11.6 Å². The lowest BCUT2D eigenvalue weighted by molar-refractivity contribution is 0.0437. The van der Waals surface area contributed by atoms with Crippen LogP contribution < -0.4 is 0 Å². The molecule has 0 spiro atoms. The quantitative estimate of drug-likeness (QED) is 0.433. The van der Waals surface area contributed by atoms with Crippen molar-refractivity contribution in [1.29, 1.82) is 0 Å². The fourth-order valence-electron chi connectivity index (χ4n) is 2.70. The zero-order valence-corrected chi connectivity index (χ0v) is 12.4. The molecule has 3 aromatic carbocycles. The molecule has 0 aliphatic rings. The monoisotopic (exact) mass is 300 g/mol. The van der Waals surface area contributed by atoms with Crippen LogP contribution in [0.4, 0.5) is 0 Å². The predicted molar refractivity (Wildman–Crippen MR) is 88.0 cm³/mol. The maximum absolute atomic E-state index is 10.4. The van der Waals surface area contributed by atoms with Gasteiger partial charge in [0.1, 0.15) is 6.10 Å². The van der Waals surface area contributed by atoms with Crippen molar-refractivity contribution < 1.29 is 9.84 Å². The molecular weight excluding hydrogens is 284 g/mol. The second-order valence-corrected chi connectivity index (χ2v) is 5.39. The number of ether oxygens (including phenoxy) is 1. The summed E-state index contributed by atoms with van der Waals surface area (Å²) in [5, 5.41) is 15.0. The highest BCUT2D eigenvalue weighted by molar-refractivity contribution is 6.18. The van der Waals surface area contributed by atoms with E-state index < -0.39 is 6.10 Å². The Morgan fingerprint density at radius 3 is 2.38 bits per heavy atom. The highest BCUT2D eigenvalue weighted by Gasteiger charge is 2.13. The van der Waals surface area contributed by atoms with Gasteiger partial charge in [0.15, 0.2) is 0 Å². The molecule has 108 valence electrons. The standard InChI is InChI=1S/C18H17ClO2/c19-9-10-21-12-18(20)17-11-13-5-1-2-6-14(13)15-7-3-4-8-16(15)17/h1-8,11,18,20H,9-10,12H2. The van der Waals surface area contributed by atoms with E-state index in [9.17, 15) is 5.11 Å². The molecule has 0 fully saturated rings. The molecule has 0 aliphatic carbocycles. The molecule has 0 amide bonds. The number of benzene rings is 3. The minimum Gasteiger partial charge on any atom is -0.386 e. The largest absolute Gasteiger partial charge is 0.386 e. The molecule has 3 rings (SSSR count). The van der Waals surface area contributed by atoms with Crippen molar-refractivity contribution in [2.24, 2.45) is 0 Å². The fourth-order valence-corrected chi connectivity index (χ4v) is 2.81. The van der Waals surface area contributed by atoms with Gasteiger partial charge in [-0.25, -0.2) is 0 Å². The summed E-state index contributed by atoms with van der Waals surface area (Å²) in [4.78, 5) is 0. The van der Waals surface area contributed by atoms with Crippen molar-refractivity contribution in [3.63, 3.8) is 0 Å². The molecule has 21 heavy (non-hydrogen) atoms. The summed E-state index contributed by atoms with van der Waals surface area (Å²) >= 11 is 5.60. The van der Waals surface area contributed by atoms with Crippen molar-refractivity contribution in [3.05, 3.63) is 60.2 Å². The zero-order chi connectivity index (χ0) is 14.7. The van der Waals surface area contributed by atoms with Gasteiger partial charge in [-0.1, -0.05) is 48.5 Å². The second kappa shape index (κ2) is 6.44. The molecule has 0 saturated carbocycles. The maximum atomic E-state index is 10.4. The van der Waals surface area contributed by atoms with Crippen LogP contribution in [0.3, 0.4) is 0 Å². The van der Waals surface area contributed by atoms with Crippen LogP contribution in [-0.4, -0.2) is 24.2 Å². The van der Waals surface area contributed by atoms with Gasteiger partial charge >= 0.3 is 0 Å². The number of halogens is 1. The van der Waals surface area contributed by atoms with E-state index in [1.54, 1.807) is 0 Å². The molecule has 1 unspecified atom stereocenters. The number of aliphatic hydroxyl groups excluding tert-OH is 1. The van der Waals surface area contributed by atoms with E-state index in [0.29, 0.717) is 12.5 Å². The van der Waals surface area contributed by atoms with E-state index in [2.05, 4.69) is 18.2 Å². The molecular formula is C18H17ClO2. The van der Waals surface area contributed by atoms with E-state index in [4.69, 9.17) is 16.3 Å².